The third kappa shape index (κ3) is 3.80. The van der Waals surface area contributed by atoms with Crippen LogP contribution in [0.5, 0.6) is 5.75 Å². The maximum absolute atomic E-state index is 6.19. The van der Waals surface area contributed by atoms with E-state index in [9.17, 15) is 0 Å². The Morgan fingerprint density at radius 3 is 2.62 bits per heavy atom. The van der Waals surface area contributed by atoms with Crippen molar-refractivity contribution in [3.63, 3.8) is 0 Å². The molecule has 1 aromatic heterocycles. The van der Waals surface area contributed by atoms with E-state index in [1.165, 1.54) is 0 Å². The van der Waals surface area contributed by atoms with Gasteiger partial charge < -0.3 is 10.5 Å². The van der Waals surface area contributed by atoms with Gasteiger partial charge in [-0.25, -0.2) is 0 Å². The van der Waals surface area contributed by atoms with Crippen molar-refractivity contribution < 1.29 is 4.74 Å². The molecule has 0 aliphatic heterocycles. The molecule has 0 aliphatic rings. The highest BCUT2D eigenvalue weighted by Gasteiger charge is 2.22. The van der Waals surface area contributed by atoms with Crippen LogP contribution < -0.4 is 10.5 Å². The summed E-state index contributed by atoms with van der Waals surface area (Å²) in [6.07, 6.45) is 3.66. The van der Waals surface area contributed by atoms with E-state index in [-0.39, 0.29) is 12.1 Å². The van der Waals surface area contributed by atoms with Gasteiger partial charge in [-0.3, -0.25) is 9.88 Å². The predicted molar refractivity (Wildman–Crippen MR) is 85.1 cm³/mol. The fourth-order valence-corrected chi connectivity index (χ4v) is 2.71. The normalized spacial score (nSPS) is 14.0. The molecular weight excluding hydrogens is 262 g/mol. The van der Waals surface area contributed by atoms with Crippen molar-refractivity contribution >= 4 is 0 Å². The molecule has 2 aromatic rings. The van der Waals surface area contributed by atoms with Gasteiger partial charge in [0.15, 0.2) is 0 Å². The lowest BCUT2D eigenvalue weighted by atomic mass is 10.0. The van der Waals surface area contributed by atoms with Gasteiger partial charge in [0.1, 0.15) is 5.75 Å². The van der Waals surface area contributed by atoms with E-state index in [1.807, 2.05) is 37.4 Å². The van der Waals surface area contributed by atoms with Crippen LogP contribution in [-0.2, 0) is 6.54 Å². The zero-order valence-corrected chi connectivity index (χ0v) is 12.9. The molecule has 4 heteroatoms. The van der Waals surface area contributed by atoms with Gasteiger partial charge in [-0.2, -0.15) is 0 Å². The Bertz CT molecular complexity index is 557. The molecule has 0 amide bonds. The predicted octanol–water partition coefficient (Wildman–Crippen LogP) is 2.61. The molecule has 2 unspecified atom stereocenters. The summed E-state index contributed by atoms with van der Waals surface area (Å²) in [5.74, 6) is 0.902. The van der Waals surface area contributed by atoms with Gasteiger partial charge in [-0.15, -0.1) is 0 Å². The number of methoxy groups -OCH3 is 1. The highest BCUT2D eigenvalue weighted by Crippen LogP contribution is 2.26. The van der Waals surface area contributed by atoms with E-state index in [4.69, 9.17) is 10.5 Å². The van der Waals surface area contributed by atoms with Crippen LogP contribution in [0, 0.1) is 0 Å². The summed E-state index contributed by atoms with van der Waals surface area (Å²) in [4.78, 5) is 6.44. The SMILES string of the molecule is COc1ccccc1CN(C)C(c1cccnc1)C(C)N. The average molecular weight is 285 g/mol. The smallest absolute Gasteiger partial charge is 0.123 e. The van der Waals surface area contributed by atoms with Crippen molar-refractivity contribution in [1.29, 1.82) is 0 Å². The lowest BCUT2D eigenvalue weighted by Gasteiger charge is -2.31. The number of nitrogens with two attached hydrogens (primary N) is 1. The van der Waals surface area contributed by atoms with Crippen molar-refractivity contribution in [2.24, 2.45) is 5.73 Å². The van der Waals surface area contributed by atoms with Crippen LogP contribution >= 0.6 is 0 Å². The Kier molecular flexibility index (Phi) is 5.31. The largest absolute Gasteiger partial charge is 0.496 e. The Balaban J connectivity index is 2.22. The number of rotatable bonds is 6. The van der Waals surface area contributed by atoms with Crippen LogP contribution in [0.3, 0.4) is 0 Å². The van der Waals surface area contributed by atoms with Crippen molar-refractivity contribution in [3.8, 4) is 5.75 Å². The fraction of sp³-hybridized carbons (Fsp3) is 0.353. The molecule has 0 spiro atoms. The van der Waals surface area contributed by atoms with Gasteiger partial charge in [-0.05, 0) is 31.7 Å². The van der Waals surface area contributed by atoms with Crippen molar-refractivity contribution in [2.45, 2.75) is 25.6 Å². The van der Waals surface area contributed by atoms with Crippen LogP contribution in [0.4, 0.5) is 0 Å². The third-order valence-electron chi connectivity index (χ3n) is 3.61. The molecule has 1 aromatic carbocycles. The molecule has 0 fully saturated rings. The van der Waals surface area contributed by atoms with E-state index in [0.717, 1.165) is 23.4 Å². The molecule has 2 atom stereocenters. The summed E-state index contributed by atoms with van der Waals surface area (Å²) in [6, 6.07) is 12.2. The second kappa shape index (κ2) is 7.20. The quantitative estimate of drug-likeness (QED) is 0.886. The van der Waals surface area contributed by atoms with Crippen molar-refractivity contribution in [1.82, 2.24) is 9.88 Å². The standard InChI is InChI=1S/C17H23N3O/c1-13(18)17(14-8-6-10-19-11-14)20(2)12-15-7-4-5-9-16(15)21-3/h4-11,13,17H,12,18H2,1-3H3. The zero-order chi connectivity index (χ0) is 15.2. The summed E-state index contributed by atoms with van der Waals surface area (Å²) in [5, 5.41) is 0. The first-order valence-electron chi connectivity index (χ1n) is 7.11. The molecule has 0 saturated heterocycles. The second-order valence-electron chi connectivity index (χ2n) is 5.32. The molecule has 0 bridgehead atoms. The van der Waals surface area contributed by atoms with Crippen LogP contribution in [0.1, 0.15) is 24.1 Å². The topological polar surface area (TPSA) is 51.4 Å². The second-order valence-corrected chi connectivity index (χ2v) is 5.32. The zero-order valence-electron chi connectivity index (χ0n) is 12.9. The molecule has 0 radical (unpaired) electrons. The molecule has 2 N–H and O–H groups in total. The molecule has 1 heterocycles. The van der Waals surface area contributed by atoms with Gasteiger partial charge in [0.25, 0.3) is 0 Å². The Hall–Kier alpha value is -1.91. The van der Waals surface area contributed by atoms with E-state index >= 15 is 0 Å². The van der Waals surface area contributed by atoms with Gasteiger partial charge >= 0.3 is 0 Å². The Labute approximate surface area is 126 Å². The van der Waals surface area contributed by atoms with Gasteiger partial charge in [0.05, 0.1) is 13.2 Å². The number of benzene rings is 1. The summed E-state index contributed by atoms with van der Waals surface area (Å²) < 4.78 is 5.42. The van der Waals surface area contributed by atoms with Crippen LogP contribution in [-0.4, -0.2) is 30.1 Å². The fourth-order valence-electron chi connectivity index (χ4n) is 2.71. The molecule has 0 saturated carbocycles. The molecule has 112 valence electrons. The van der Waals surface area contributed by atoms with E-state index in [0.29, 0.717) is 0 Å². The number of aromatic nitrogens is 1. The molecule has 4 nitrogen and oxygen atoms in total. The lowest BCUT2D eigenvalue weighted by molar-refractivity contribution is 0.208. The molecule has 0 aliphatic carbocycles. The highest BCUT2D eigenvalue weighted by molar-refractivity contribution is 5.33. The summed E-state index contributed by atoms with van der Waals surface area (Å²) >= 11 is 0. The summed E-state index contributed by atoms with van der Waals surface area (Å²) in [7, 11) is 3.77. The Morgan fingerprint density at radius 2 is 2.00 bits per heavy atom. The van der Waals surface area contributed by atoms with Crippen molar-refractivity contribution in [2.75, 3.05) is 14.2 Å². The molecular formula is C17H23N3O. The first-order chi connectivity index (χ1) is 10.1. The number of para-hydroxylation sites is 1. The first kappa shape index (κ1) is 15.5. The van der Waals surface area contributed by atoms with Crippen LogP contribution in [0.25, 0.3) is 0 Å². The number of hydrogen-bond acceptors (Lipinski definition) is 4. The van der Waals surface area contributed by atoms with E-state index < -0.39 is 0 Å². The number of likely N-dealkylation sites (N-methyl/N-ethyl adjacent to an activating group) is 1. The van der Waals surface area contributed by atoms with Crippen molar-refractivity contribution in [3.05, 3.63) is 59.9 Å². The minimum atomic E-state index is 0.00825. The average Bonchev–Trinajstić information content (AvgIpc) is 2.48. The van der Waals surface area contributed by atoms with Gasteiger partial charge in [-0.1, -0.05) is 24.3 Å². The number of nitrogens with zero attached hydrogens (tertiary/aromatic N) is 2. The monoisotopic (exact) mass is 285 g/mol. The summed E-state index contributed by atoms with van der Waals surface area (Å²) in [6.45, 7) is 2.79. The Morgan fingerprint density at radius 1 is 1.24 bits per heavy atom. The number of hydrogen-bond donors (Lipinski definition) is 1. The minimum absolute atomic E-state index is 0.00825. The van der Waals surface area contributed by atoms with E-state index in [1.54, 1.807) is 13.3 Å². The van der Waals surface area contributed by atoms with Crippen LogP contribution in [0.15, 0.2) is 48.8 Å². The van der Waals surface area contributed by atoms with E-state index in [2.05, 4.69) is 29.1 Å². The number of ether oxygens (including phenoxy) is 1. The maximum Gasteiger partial charge on any atom is 0.123 e. The van der Waals surface area contributed by atoms with Crippen LogP contribution in [0.2, 0.25) is 0 Å². The lowest BCUT2D eigenvalue weighted by Crippen LogP contribution is -2.37. The molecule has 2 rings (SSSR count). The number of pyridine rings is 1. The highest BCUT2D eigenvalue weighted by atomic mass is 16.5. The molecule has 21 heavy (non-hydrogen) atoms. The maximum atomic E-state index is 6.19. The van der Waals surface area contributed by atoms with Gasteiger partial charge in [0.2, 0.25) is 0 Å². The minimum Gasteiger partial charge on any atom is -0.496 e. The first-order valence-corrected chi connectivity index (χ1v) is 7.11. The third-order valence-corrected chi connectivity index (χ3v) is 3.61. The summed E-state index contributed by atoms with van der Waals surface area (Å²) in [5.41, 5.74) is 8.47. The van der Waals surface area contributed by atoms with Gasteiger partial charge in [0, 0.05) is 30.5 Å².